The van der Waals surface area contributed by atoms with Gasteiger partial charge in [0, 0.05) is 32.8 Å². The van der Waals surface area contributed by atoms with Gasteiger partial charge in [0.15, 0.2) is 0 Å². The standard InChI is InChI=1S/C23H36N2O5S/c1-16-14-17(2)19(4)22(18(16)3)31(27,28)25-11-9-24(10-12-25)23(26)20(5)30-15-21-8-6-7-13-29-21/h14,20-21H,6-13,15H2,1-5H3. The molecule has 2 unspecified atom stereocenters. The molecule has 31 heavy (non-hydrogen) atoms. The highest BCUT2D eigenvalue weighted by Gasteiger charge is 2.34. The maximum atomic E-state index is 13.4. The normalized spacial score (nSPS) is 21.8. The van der Waals surface area contributed by atoms with Gasteiger partial charge in [-0.1, -0.05) is 6.07 Å². The summed E-state index contributed by atoms with van der Waals surface area (Å²) in [6.07, 6.45) is 2.69. The molecule has 174 valence electrons. The molecule has 0 saturated carbocycles. The Morgan fingerprint density at radius 1 is 1.10 bits per heavy atom. The highest BCUT2D eigenvalue weighted by atomic mass is 32.2. The Labute approximate surface area is 186 Å². The van der Waals surface area contributed by atoms with E-state index in [1.165, 1.54) is 4.31 Å². The van der Waals surface area contributed by atoms with Crippen LogP contribution in [-0.2, 0) is 24.3 Å². The van der Waals surface area contributed by atoms with E-state index in [0.717, 1.165) is 48.1 Å². The van der Waals surface area contributed by atoms with Crippen LogP contribution >= 0.6 is 0 Å². The van der Waals surface area contributed by atoms with Crippen LogP contribution in [0.5, 0.6) is 0 Å². The van der Waals surface area contributed by atoms with E-state index >= 15 is 0 Å². The fraction of sp³-hybridized carbons (Fsp3) is 0.696. The number of piperazine rings is 1. The van der Waals surface area contributed by atoms with Crippen molar-refractivity contribution in [3.05, 3.63) is 28.3 Å². The predicted molar refractivity (Wildman–Crippen MR) is 120 cm³/mol. The van der Waals surface area contributed by atoms with Crippen LogP contribution in [0, 0.1) is 27.7 Å². The summed E-state index contributed by atoms with van der Waals surface area (Å²) in [6.45, 7) is 11.9. The average molecular weight is 453 g/mol. The van der Waals surface area contributed by atoms with Gasteiger partial charge in [-0.05, 0) is 76.1 Å². The van der Waals surface area contributed by atoms with Crippen LogP contribution in [-0.4, -0.2) is 75.1 Å². The minimum absolute atomic E-state index is 0.0651. The fourth-order valence-corrected chi connectivity index (χ4v) is 6.36. The Morgan fingerprint density at radius 3 is 2.26 bits per heavy atom. The highest BCUT2D eigenvalue weighted by Crippen LogP contribution is 2.29. The van der Waals surface area contributed by atoms with Gasteiger partial charge in [-0.25, -0.2) is 8.42 Å². The molecule has 0 bridgehead atoms. The van der Waals surface area contributed by atoms with Gasteiger partial charge in [-0.2, -0.15) is 4.31 Å². The van der Waals surface area contributed by atoms with Gasteiger partial charge in [0.2, 0.25) is 10.0 Å². The summed E-state index contributed by atoms with van der Waals surface area (Å²) in [5, 5.41) is 0. The van der Waals surface area contributed by atoms with E-state index < -0.39 is 16.1 Å². The third-order valence-electron chi connectivity index (χ3n) is 6.60. The molecule has 0 aliphatic carbocycles. The summed E-state index contributed by atoms with van der Waals surface area (Å²) in [4.78, 5) is 14.9. The lowest BCUT2D eigenvalue weighted by molar-refractivity contribution is -0.147. The van der Waals surface area contributed by atoms with Crippen molar-refractivity contribution in [2.45, 2.75) is 71.0 Å². The van der Waals surface area contributed by atoms with E-state index in [0.29, 0.717) is 37.7 Å². The van der Waals surface area contributed by atoms with Crippen LogP contribution in [0.25, 0.3) is 0 Å². The van der Waals surface area contributed by atoms with Crippen LogP contribution in [0.2, 0.25) is 0 Å². The van der Waals surface area contributed by atoms with Crippen molar-refractivity contribution in [1.29, 1.82) is 0 Å². The van der Waals surface area contributed by atoms with E-state index in [1.54, 1.807) is 11.8 Å². The molecule has 0 spiro atoms. The van der Waals surface area contributed by atoms with Crippen molar-refractivity contribution in [3.63, 3.8) is 0 Å². The number of carbonyl (C=O) groups is 1. The first-order valence-electron chi connectivity index (χ1n) is 11.2. The number of ether oxygens (including phenoxy) is 2. The molecule has 0 radical (unpaired) electrons. The van der Waals surface area contributed by atoms with E-state index in [2.05, 4.69) is 0 Å². The topological polar surface area (TPSA) is 76.2 Å². The van der Waals surface area contributed by atoms with E-state index in [4.69, 9.17) is 9.47 Å². The fourth-order valence-electron chi connectivity index (χ4n) is 4.36. The minimum Gasteiger partial charge on any atom is -0.376 e. The molecule has 1 amide bonds. The highest BCUT2D eigenvalue weighted by molar-refractivity contribution is 7.89. The SMILES string of the molecule is Cc1cc(C)c(C)c(S(=O)(=O)N2CCN(C(=O)C(C)OCC3CCCCO3)CC2)c1C. The molecule has 1 aromatic rings. The Balaban J connectivity index is 1.60. The summed E-state index contributed by atoms with van der Waals surface area (Å²) in [5.41, 5.74) is 3.55. The van der Waals surface area contributed by atoms with Gasteiger partial charge in [-0.3, -0.25) is 4.79 Å². The first-order valence-corrected chi connectivity index (χ1v) is 12.7. The van der Waals surface area contributed by atoms with Gasteiger partial charge >= 0.3 is 0 Å². The number of sulfonamides is 1. The lowest BCUT2D eigenvalue weighted by Crippen LogP contribution is -2.53. The summed E-state index contributed by atoms with van der Waals surface area (Å²) in [5.74, 6) is -0.0911. The zero-order valence-electron chi connectivity index (χ0n) is 19.4. The molecule has 0 N–H and O–H groups in total. The van der Waals surface area contributed by atoms with Crippen LogP contribution in [0.3, 0.4) is 0 Å². The predicted octanol–water partition coefficient (Wildman–Crippen LogP) is 2.73. The molecule has 2 atom stereocenters. The number of hydrogen-bond donors (Lipinski definition) is 0. The van der Waals surface area contributed by atoms with Crippen molar-refractivity contribution in [2.24, 2.45) is 0 Å². The van der Waals surface area contributed by atoms with Gasteiger partial charge in [-0.15, -0.1) is 0 Å². The Morgan fingerprint density at radius 2 is 1.71 bits per heavy atom. The molecule has 3 rings (SSSR count). The monoisotopic (exact) mass is 452 g/mol. The Hall–Kier alpha value is -1.48. The Kier molecular flexibility index (Phi) is 7.78. The summed E-state index contributed by atoms with van der Waals surface area (Å²) >= 11 is 0. The molecule has 0 aromatic heterocycles. The van der Waals surface area contributed by atoms with Crippen molar-refractivity contribution >= 4 is 15.9 Å². The molecule has 1 aromatic carbocycles. The number of aryl methyl sites for hydroxylation is 2. The summed E-state index contributed by atoms with van der Waals surface area (Å²) in [6, 6.07) is 2.03. The van der Waals surface area contributed by atoms with E-state index in [-0.39, 0.29) is 12.0 Å². The lowest BCUT2D eigenvalue weighted by atomic mass is 10.0. The molecule has 2 fully saturated rings. The zero-order chi connectivity index (χ0) is 22.8. The van der Waals surface area contributed by atoms with Crippen LogP contribution < -0.4 is 0 Å². The second kappa shape index (κ2) is 9.98. The first kappa shape index (κ1) is 24.2. The molecule has 7 nitrogen and oxygen atoms in total. The van der Waals surface area contributed by atoms with Gasteiger partial charge in [0.1, 0.15) is 6.10 Å². The van der Waals surface area contributed by atoms with Crippen LogP contribution in [0.15, 0.2) is 11.0 Å². The molecule has 2 heterocycles. The smallest absolute Gasteiger partial charge is 0.251 e. The van der Waals surface area contributed by atoms with Crippen molar-refractivity contribution in [1.82, 2.24) is 9.21 Å². The van der Waals surface area contributed by atoms with Crippen molar-refractivity contribution in [3.8, 4) is 0 Å². The molecule has 2 aliphatic rings. The second-order valence-corrected chi connectivity index (χ2v) is 10.7. The third-order valence-corrected chi connectivity index (χ3v) is 8.77. The lowest BCUT2D eigenvalue weighted by Gasteiger charge is -2.36. The van der Waals surface area contributed by atoms with Crippen LogP contribution in [0.4, 0.5) is 0 Å². The molecule has 8 heteroatoms. The summed E-state index contributed by atoms with van der Waals surface area (Å²) in [7, 11) is -3.61. The number of rotatable bonds is 6. The molecule has 2 saturated heterocycles. The number of benzene rings is 1. The van der Waals surface area contributed by atoms with Crippen LogP contribution in [0.1, 0.15) is 48.4 Å². The maximum absolute atomic E-state index is 13.4. The van der Waals surface area contributed by atoms with Gasteiger partial charge in [0.05, 0.1) is 17.6 Å². The molecule has 2 aliphatic heterocycles. The number of amides is 1. The quantitative estimate of drug-likeness (QED) is 0.663. The average Bonchev–Trinajstić information content (AvgIpc) is 2.76. The van der Waals surface area contributed by atoms with Crippen molar-refractivity contribution in [2.75, 3.05) is 39.4 Å². The summed E-state index contributed by atoms with van der Waals surface area (Å²) < 4.78 is 39.7. The second-order valence-electron chi connectivity index (χ2n) is 8.78. The number of carbonyl (C=O) groups excluding carboxylic acids is 1. The zero-order valence-corrected chi connectivity index (χ0v) is 20.3. The molecular weight excluding hydrogens is 416 g/mol. The minimum atomic E-state index is -3.61. The number of hydrogen-bond acceptors (Lipinski definition) is 5. The first-order chi connectivity index (χ1) is 14.6. The Bertz CT molecular complexity index is 875. The third kappa shape index (κ3) is 5.30. The van der Waals surface area contributed by atoms with E-state index in [1.807, 2.05) is 33.8 Å². The van der Waals surface area contributed by atoms with Gasteiger partial charge < -0.3 is 14.4 Å². The maximum Gasteiger partial charge on any atom is 0.251 e. The largest absolute Gasteiger partial charge is 0.376 e. The van der Waals surface area contributed by atoms with Crippen molar-refractivity contribution < 1.29 is 22.7 Å². The molecular formula is C23H36N2O5S. The number of nitrogens with zero attached hydrogens (tertiary/aromatic N) is 2. The van der Waals surface area contributed by atoms with Gasteiger partial charge in [0.25, 0.3) is 5.91 Å². The van der Waals surface area contributed by atoms with E-state index in [9.17, 15) is 13.2 Å².